The Morgan fingerprint density at radius 3 is 2.19 bits per heavy atom. The van der Waals surface area contributed by atoms with E-state index in [1.54, 1.807) is 28.6 Å². The van der Waals surface area contributed by atoms with E-state index in [-0.39, 0.29) is 35.7 Å². The second-order valence-corrected chi connectivity index (χ2v) is 22.2. The van der Waals surface area contributed by atoms with E-state index in [0.717, 1.165) is 59.1 Å². The summed E-state index contributed by atoms with van der Waals surface area (Å²) in [6, 6.07) is 11.6. The summed E-state index contributed by atoms with van der Waals surface area (Å²) in [5, 5.41) is 6.45. The smallest absolute Gasteiger partial charge is 0.407 e. The highest BCUT2D eigenvalue weighted by Crippen LogP contribution is 2.49. The number of H-pyrrole nitrogens is 2. The summed E-state index contributed by atoms with van der Waals surface area (Å²) in [6.45, 7) is 9.30. The first-order chi connectivity index (χ1) is 35.2. The molecule has 8 heterocycles. The fourth-order valence-electron chi connectivity index (χ4n) is 11.9. The van der Waals surface area contributed by atoms with Crippen LogP contribution >= 0.6 is 11.3 Å². The molecule has 6 aromatic rings. The number of amides is 4. The summed E-state index contributed by atoms with van der Waals surface area (Å²) in [5.41, 5.74) is 5.62. The number of nitrogens with one attached hydrogen (secondary N) is 4. The van der Waals surface area contributed by atoms with Gasteiger partial charge in [-0.1, -0.05) is 19.9 Å². The number of benzene rings is 2. The first-order valence-corrected chi connectivity index (χ1v) is 26.3. The normalized spacial score (nSPS) is 21.9. The molecule has 73 heavy (non-hydrogen) atoms. The molecule has 0 spiro atoms. The maximum atomic E-state index is 17.0. The van der Waals surface area contributed by atoms with Crippen molar-refractivity contribution in [3.8, 4) is 39.5 Å². The van der Waals surface area contributed by atoms with Crippen molar-refractivity contribution in [2.24, 2.45) is 11.8 Å². The third-order valence-electron chi connectivity index (χ3n) is 15.5. The van der Waals surface area contributed by atoms with Crippen molar-refractivity contribution >= 4 is 46.2 Å². The van der Waals surface area contributed by atoms with Crippen LogP contribution in [0.5, 0.6) is 5.75 Å². The van der Waals surface area contributed by atoms with Gasteiger partial charge >= 0.3 is 12.2 Å². The molecule has 0 radical (unpaired) electrons. The van der Waals surface area contributed by atoms with Crippen LogP contribution in [0, 0.1) is 17.7 Å². The van der Waals surface area contributed by atoms with Crippen LogP contribution < -0.4 is 15.4 Å². The Balaban J connectivity index is 0.895. The first-order valence-electron chi connectivity index (χ1n) is 25.5. The Labute approximate surface area is 426 Å². The molecule has 6 atom stereocenters. The molecule has 5 aliphatic rings. The SMILES string of the molecule is COC(=O)N[C@H](C(=O)N1CCC[C@H]1c1ncc(-c2cc(F)c3c(c2)O[C@@H](c2cc4c(s2)CCC4)n2c-3cc3cc(-c4cnc([C@@H]5CCCN5C(=O)[C@@H](NC(=O)OC)[C@@H]5CCOC(C)(C)C5)[nH]4)ccc32)[nH]1)C(C)C. The molecule has 17 nitrogen and oxygen atoms in total. The van der Waals surface area contributed by atoms with Crippen LogP contribution in [0.25, 0.3) is 44.7 Å². The second-order valence-electron chi connectivity index (χ2n) is 21.0. The number of alkyl carbamates (subject to hydrolysis) is 2. The van der Waals surface area contributed by atoms with Crippen molar-refractivity contribution in [3.05, 3.63) is 87.6 Å². The van der Waals surface area contributed by atoms with Gasteiger partial charge in [-0.3, -0.25) is 14.2 Å². The number of likely N-dealkylation sites (tertiary alicyclic amines) is 2. The van der Waals surface area contributed by atoms with Gasteiger partial charge in [-0.15, -0.1) is 11.3 Å². The largest absolute Gasteiger partial charge is 0.464 e. The van der Waals surface area contributed by atoms with E-state index in [0.29, 0.717) is 85.3 Å². The van der Waals surface area contributed by atoms with E-state index < -0.39 is 41.9 Å². The molecule has 19 heteroatoms. The lowest BCUT2D eigenvalue weighted by Gasteiger charge is -2.40. The van der Waals surface area contributed by atoms with Crippen LogP contribution in [0.3, 0.4) is 0 Å². The van der Waals surface area contributed by atoms with E-state index in [2.05, 4.69) is 37.3 Å². The highest BCUT2D eigenvalue weighted by atomic mass is 32.1. The number of halogens is 1. The molecule has 0 bridgehead atoms. The van der Waals surface area contributed by atoms with Crippen molar-refractivity contribution in [3.63, 3.8) is 0 Å². The van der Waals surface area contributed by atoms with Gasteiger partial charge in [0, 0.05) is 41.1 Å². The zero-order chi connectivity index (χ0) is 50.9. The lowest BCUT2D eigenvalue weighted by molar-refractivity contribution is -0.139. The zero-order valence-electron chi connectivity index (χ0n) is 42.0. The molecule has 4 aromatic heterocycles. The van der Waals surface area contributed by atoms with Crippen LogP contribution in [0.2, 0.25) is 0 Å². The number of carbonyl (C=O) groups is 4. The van der Waals surface area contributed by atoms with Crippen LogP contribution in [0.4, 0.5) is 14.0 Å². The molecule has 4 amide bonds. The van der Waals surface area contributed by atoms with Crippen molar-refractivity contribution in [1.82, 2.24) is 44.9 Å². The third-order valence-corrected chi connectivity index (χ3v) is 16.7. The molecule has 3 saturated heterocycles. The van der Waals surface area contributed by atoms with E-state index in [1.165, 1.54) is 30.7 Å². The minimum absolute atomic E-state index is 0.127. The topological polar surface area (TPSA) is 198 Å². The second kappa shape index (κ2) is 19.3. The third kappa shape index (κ3) is 9.01. The number of methoxy groups -OCH3 is 2. The highest BCUT2D eigenvalue weighted by Gasteiger charge is 2.44. The fraction of sp³-hybridized carbons (Fsp3) is 0.481. The van der Waals surface area contributed by atoms with Gasteiger partial charge in [0.1, 0.15) is 35.3 Å². The quantitative estimate of drug-likeness (QED) is 0.0970. The predicted octanol–water partition coefficient (Wildman–Crippen LogP) is 9.35. The Kier molecular flexibility index (Phi) is 12.8. The predicted molar refractivity (Wildman–Crippen MR) is 271 cm³/mol. The minimum atomic E-state index is -0.772. The standard InChI is InChI=1S/C54H62FN9O8S/c1-28(2)45(60-52(67)69-5)49(65)62-17-8-11-38(62)48-57-27-36(59-48)32-21-34(55)44-40-22-33-20-29(14-15-37(33)64(40)51(72-41(44)23-32)43-24-30-10-7-13-42(30)73-43)35-26-56-47(58-35)39-12-9-18-63(39)50(66)46(61-53(68)70-6)31-16-19-71-54(3,4)25-31/h14-15,20-24,26-28,31,38-39,45-46,51H,7-13,16-19,25H2,1-6H3,(H,56,58)(H,57,59)(H,60,67)(H,61,68)/t31-,38+,39+,45+,46+,51+/m1/s1. The number of carbonyl (C=O) groups excluding carboxylic acids is 4. The molecule has 11 rings (SSSR count). The maximum absolute atomic E-state index is 17.0. The van der Waals surface area contributed by atoms with E-state index in [1.807, 2.05) is 56.9 Å². The van der Waals surface area contributed by atoms with Gasteiger partial charge in [0.15, 0.2) is 0 Å². The molecule has 0 saturated carbocycles. The number of fused-ring (bicyclic) bond motifs is 6. The number of rotatable bonds is 11. The van der Waals surface area contributed by atoms with Crippen molar-refractivity contribution < 1.29 is 42.5 Å². The van der Waals surface area contributed by atoms with Crippen molar-refractivity contribution in [2.75, 3.05) is 33.9 Å². The van der Waals surface area contributed by atoms with Gasteiger partial charge in [0.2, 0.25) is 18.0 Å². The number of aromatic nitrogens is 5. The van der Waals surface area contributed by atoms with Crippen LogP contribution in [-0.4, -0.2) is 110 Å². The summed E-state index contributed by atoms with van der Waals surface area (Å²) >= 11 is 1.75. The molecular formula is C54H62FN9O8S. The average molecular weight is 1020 g/mol. The lowest BCUT2D eigenvalue weighted by Crippen LogP contribution is -2.54. The highest BCUT2D eigenvalue weighted by molar-refractivity contribution is 7.12. The first kappa shape index (κ1) is 48.5. The molecule has 4 N–H and O–H groups in total. The maximum Gasteiger partial charge on any atom is 0.407 e. The molecule has 384 valence electrons. The number of imidazole rings is 2. The molecule has 3 fully saturated rings. The van der Waals surface area contributed by atoms with Crippen LogP contribution in [0.15, 0.2) is 54.9 Å². The summed E-state index contributed by atoms with van der Waals surface area (Å²) in [6.07, 6.45) is 8.95. The number of aryl methyl sites for hydroxylation is 2. The summed E-state index contributed by atoms with van der Waals surface area (Å²) in [7, 11) is 2.57. The summed E-state index contributed by atoms with van der Waals surface area (Å²) in [4.78, 5) is 75.5. The summed E-state index contributed by atoms with van der Waals surface area (Å²) < 4.78 is 41.8. The number of ether oxygens (including phenoxy) is 4. The number of hydrogen-bond acceptors (Lipinski definition) is 11. The summed E-state index contributed by atoms with van der Waals surface area (Å²) in [5.74, 6) is 0.527. The van der Waals surface area contributed by atoms with E-state index in [9.17, 15) is 19.2 Å². The number of thiophene rings is 1. The molecule has 1 aliphatic carbocycles. The zero-order valence-corrected chi connectivity index (χ0v) is 42.8. The van der Waals surface area contributed by atoms with Gasteiger partial charge in [0.05, 0.1) is 77.3 Å². The molecule has 2 aromatic carbocycles. The fourth-order valence-corrected chi connectivity index (χ4v) is 13.2. The van der Waals surface area contributed by atoms with Gasteiger partial charge < -0.3 is 49.3 Å². The molecule has 4 aliphatic heterocycles. The Morgan fingerprint density at radius 2 is 1.52 bits per heavy atom. The van der Waals surface area contributed by atoms with Crippen LogP contribution in [-0.2, 0) is 36.6 Å². The monoisotopic (exact) mass is 1020 g/mol. The molecule has 0 unspecified atom stereocenters. The number of hydrogen-bond donors (Lipinski definition) is 4. The van der Waals surface area contributed by atoms with Gasteiger partial charge in [0.25, 0.3) is 0 Å². The molecular weight excluding hydrogens is 954 g/mol. The number of nitrogens with zero attached hydrogens (tertiary/aromatic N) is 5. The van der Waals surface area contributed by atoms with E-state index >= 15 is 4.39 Å². The Morgan fingerprint density at radius 1 is 0.836 bits per heavy atom. The Hall–Kier alpha value is -6.73. The van der Waals surface area contributed by atoms with E-state index in [4.69, 9.17) is 28.9 Å². The van der Waals surface area contributed by atoms with Gasteiger partial charge in [-0.25, -0.2) is 23.9 Å². The average Bonchev–Trinajstić information content (AvgIpc) is 4.23. The number of aromatic amines is 2. The van der Waals surface area contributed by atoms with Crippen molar-refractivity contribution in [1.29, 1.82) is 0 Å². The van der Waals surface area contributed by atoms with Crippen molar-refractivity contribution in [2.45, 2.75) is 121 Å². The van der Waals surface area contributed by atoms with Crippen LogP contribution in [0.1, 0.15) is 118 Å². The van der Waals surface area contributed by atoms with Gasteiger partial charge in [-0.2, -0.15) is 0 Å². The van der Waals surface area contributed by atoms with Gasteiger partial charge in [-0.05, 0) is 125 Å². The Bertz CT molecular complexity index is 3100. The minimum Gasteiger partial charge on any atom is -0.464 e. The lowest BCUT2D eigenvalue weighted by atomic mass is 9.82.